The van der Waals surface area contributed by atoms with Crippen molar-refractivity contribution in [3.8, 4) is 16.9 Å². The Morgan fingerprint density at radius 3 is 2.02 bits per heavy atom. The van der Waals surface area contributed by atoms with Crippen LogP contribution >= 0.6 is 0 Å². The summed E-state index contributed by atoms with van der Waals surface area (Å²) >= 11 is 0. The molecule has 0 aliphatic heterocycles. The molecule has 0 unspecified atom stereocenters. The molecule has 11 heteroatoms. The first-order valence-corrected chi connectivity index (χ1v) is 16.3. The van der Waals surface area contributed by atoms with Crippen LogP contribution in [0, 0.1) is 13.8 Å². The van der Waals surface area contributed by atoms with E-state index in [1.807, 2.05) is 19.1 Å². The molecule has 0 saturated heterocycles. The van der Waals surface area contributed by atoms with Crippen molar-refractivity contribution < 1.29 is 26.0 Å². The Morgan fingerprint density at radius 1 is 0.767 bits per heavy atom. The molecular formula is C32H30N2O7S2. The quantitative estimate of drug-likeness (QED) is 0.166. The van der Waals surface area contributed by atoms with Crippen molar-refractivity contribution in [2.45, 2.75) is 23.6 Å². The fraction of sp³-hybridized carbons (Fsp3) is 0.156. The summed E-state index contributed by atoms with van der Waals surface area (Å²) in [6.45, 7) is 4.62. The monoisotopic (exact) mass is 618 g/mol. The molecule has 5 aromatic rings. The highest BCUT2D eigenvalue weighted by molar-refractivity contribution is 8.10. The summed E-state index contributed by atoms with van der Waals surface area (Å²) in [5, 5.41) is 3.31. The number of aryl methyl sites for hydroxylation is 2. The predicted molar refractivity (Wildman–Crippen MR) is 167 cm³/mol. The maximum atomic E-state index is 14.1. The minimum absolute atomic E-state index is 0.146. The first kappa shape index (κ1) is 30.0. The molecule has 0 amide bonds. The second-order valence-electron chi connectivity index (χ2n) is 9.93. The molecule has 0 aliphatic carbocycles. The molecule has 9 nitrogen and oxygen atoms in total. The van der Waals surface area contributed by atoms with E-state index in [2.05, 4.69) is 5.32 Å². The van der Waals surface area contributed by atoms with Gasteiger partial charge >= 0.3 is 5.63 Å². The van der Waals surface area contributed by atoms with Crippen LogP contribution in [0.2, 0.25) is 0 Å². The number of fused-ring (bicyclic) bond motifs is 1. The van der Waals surface area contributed by atoms with Crippen LogP contribution in [0.4, 0.5) is 5.69 Å². The third kappa shape index (κ3) is 6.05. The molecule has 0 fully saturated rings. The number of sulfonamides is 2. The SMILES string of the molecule is CNCCOc1ccc(S(=O)(=O)N(c2ccc3oc(=O)c(-c4ccccc4C)cc3c2)S(=O)(=O)c2ccc(C)cc2)cc1. The summed E-state index contributed by atoms with van der Waals surface area (Å²) in [6, 6.07) is 24.4. The van der Waals surface area contributed by atoms with Gasteiger partial charge in [-0.05, 0) is 92.7 Å². The van der Waals surface area contributed by atoms with Gasteiger partial charge in [-0.15, -0.1) is 0 Å². The highest BCUT2D eigenvalue weighted by Crippen LogP contribution is 2.34. The number of benzene rings is 4. The topological polar surface area (TPSA) is 123 Å². The Hall–Kier alpha value is -4.45. The summed E-state index contributed by atoms with van der Waals surface area (Å²) in [7, 11) is -7.53. The van der Waals surface area contributed by atoms with Crippen molar-refractivity contribution >= 4 is 36.7 Å². The van der Waals surface area contributed by atoms with E-state index in [9.17, 15) is 21.6 Å². The summed E-state index contributed by atoms with van der Waals surface area (Å²) < 4.78 is 68.0. The van der Waals surface area contributed by atoms with E-state index in [4.69, 9.17) is 9.15 Å². The van der Waals surface area contributed by atoms with Gasteiger partial charge in [-0.25, -0.2) is 21.6 Å². The van der Waals surface area contributed by atoms with Crippen LogP contribution in [0.3, 0.4) is 0 Å². The maximum absolute atomic E-state index is 14.1. The van der Waals surface area contributed by atoms with Gasteiger partial charge in [0.15, 0.2) is 0 Å². The van der Waals surface area contributed by atoms with Crippen molar-refractivity contribution in [2.75, 3.05) is 23.9 Å². The maximum Gasteiger partial charge on any atom is 0.344 e. The third-order valence-electron chi connectivity index (χ3n) is 6.86. The Labute approximate surface area is 250 Å². The molecule has 1 N–H and O–H groups in total. The first-order valence-electron chi connectivity index (χ1n) is 13.4. The molecule has 0 bridgehead atoms. The molecule has 1 heterocycles. The largest absolute Gasteiger partial charge is 0.492 e. The number of hydrogen-bond acceptors (Lipinski definition) is 8. The number of anilines is 1. The van der Waals surface area contributed by atoms with Crippen LogP contribution in [0.15, 0.2) is 116 Å². The van der Waals surface area contributed by atoms with Crippen LogP contribution in [0.1, 0.15) is 11.1 Å². The normalized spacial score (nSPS) is 11.9. The fourth-order valence-corrected chi connectivity index (χ4v) is 8.25. The second kappa shape index (κ2) is 12.0. The van der Waals surface area contributed by atoms with Crippen LogP contribution in [-0.2, 0) is 20.0 Å². The number of rotatable bonds is 10. The standard InChI is InChI=1S/C32H30N2O7S2/c1-22-8-13-27(14-9-22)42(36,37)34(43(38,39)28-15-11-26(12-16-28)40-19-18-33-3)25-10-17-31-24(20-25)21-30(32(35)41-31)29-7-5-4-6-23(29)2/h4-17,20-21,33H,18-19H2,1-3H3. The van der Waals surface area contributed by atoms with Crippen molar-refractivity contribution in [1.82, 2.24) is 5.32 Å². The van der Waals surface area contributed by atoms with Gasteiger partial charge in [-0.1, -0.05) is 42.0 Å². The Bertz CT molecular complexity index is 2050. The smallest absolute Gasteiger partial charge is 0.344 e. The zero-order chi connectivity index (χ0) is 30.8. The zero-order valence-electron chi connectivity index (χ0n) is 23.8. The minimum atomic E-state index is -4.67. The number of hydrogen-bond donors (Lipinski definition) is 1. The average molecular weight is 619 g/mol. The Kier molecular flexibility index (Phi) is 8.41. The average Bonchev–Trinajstić information content (AvgIpc) is 2.98. The lowest BCUT2D eigenvalue weighted by Crippen LogP contribution is -2.37. The Balaban J connectivity index is 1.67. The van der Waals surface area contributed by atoms with E-state index in [1.165, 1.54) is 54.6 Å². The lowest BCUT2D eigenvalue weighted by molar-refractivity contribution is 0.318. The molecule has 43 heavy (non-hydrogen) atoms. The molecule has 0 radical (unpaired) electrons. The van der Waals surface area contributed by atoms with Crippen molar-refractivity contribution in [3.63, 3.8) is 0 Å². The van der Waals surface area contributed by atoms with Crippen LogP contribution in [-0.4, -0.2) is 37.0 Å². The predicted octanol–water partition coefficient (Wildman–Crippen LogP) is 5.26. The minimum Gasteiger partial charge on any atom is -0.492 e. The molecule has 0 atom stereocenters. The van der Waals surface area contributed by atoms with Crippen molar-refractivity contribution in [3.05, 3.63) is 119 Å². The highest BCUT2D eigenvalue weighted by Gasteiger charge is 2.37. The van der Waals surface area contributed by atoms with Gasteiger partial charge < -0.3 is 14.5 Å². The third-order valence-corrected chi connectivity index (χ3v) is 11.1. The van der Waals surface area contributed by atoms with E-state index in [1.54, 1.807) is 44.3 Å². The Morgan fingerprint density at radius 2 is 1.40 bits per heavy atom. The summed E-state index contributed by atoms with van der Waals surface area (Å²) in [5.41, 5.74) is 2.04. The van der Waals surface area contributed by atoms with Crippen molar-refractivity contribution in [2.24, 2.45) is 0 Å². The first-order chi connectivity index (χ1) is 20.5. The van der Waals surface area contributed by atoms with Gasteiger partial charge in [0.25, 0.3) is 20.0 Å². The van der Waals surface area contributed by atoms with Gasteiger partial charge in [0.1, 0.15) is 17.9 Å². The van der Waals surface area contributed by atoms with E-state index in [0.29, 0.717) is 33.6 Å². The van der Waals surface area contributed by atoms with E-state index < -0.39 is 25.7 Å². The number of ether oxygens (including phenoxy) is 1. The number of nitrogens with one attached hydrogen (secondary N) is 1. The van der Waals surface area contributed by atoms with Gasteiger partial charge in [-0.3, -0.25) is 0 Å². The van der Waals surface area contributed by atoms with Gasteiger partial charge in [0.05, 0.1) is 21.0 Å². The summed E-state index contributed by atoms with van der Waals surface area (Å²) in [4.78, 5) is 12.4. The molecule has 5 rings (SSSR count). The van der Waals surface area contributed by atoms with Crippen LogP contribution in [0.25, 0.3) is 22.1 Å². The zero-order valence-corrected chi connectivity index (χ0v) is 25.4. The number of nitrogens with zero attached hydrogens (tertiary/aromatic N) is 1. The number of likely N-dealkylation sites (N-methyl/N-ethyl adjacent to an activating group) is 1. The van der Waals surface area contributed by atoms with Crippen molar-refractivity contribution in [1.29, 1.82) is 0 Å². The molecule has 0 saturated carbocycles. The molecular weight excluding hydrogens is 588 g/mol. The lowest BCUT2D eigenvalue weighted by atomic mass is 10.0. The molecule has 222 valence electrons. The summed E-state index contributed by atoms with van der Waals surface area (Å²) in [5.74, 6) is 0.437. The van der Waals surface area contributed by atoms with Gasteiger partial charge in [-0.2, -0.15) is 3.71 Å². The highest BCUT2D eigenvalue weighted by atomic mass is 32.3. The van der Waals surface area contributed by atoms with Crippen LogP contribution < -0.4 is 19.4 Å². The van der Waals surface area contributed by atoms with E-state index in [0.717, 1.165) is 11.1 Å². The van der Waals surface area contributed by atoms with Crippen LogP contribution in [0.5, 0.6) is 5.75 Å². The second-order valence-corrected chi connectivity index (χ2v) is 13.7. The van der Waals surface area contributed by atoms with Gasteiger partial charge in [0.2, 0.25) is 0 Å². The van der Waals surface area contributed by atoms with E-state index >= 15 is 0 Å². The lowest BCUT2D eigenvalue weighted by Gasteiger charge is -2.24. The van der Waals surface area contributed by atoms with E-state index in [-0.39, 0.29) is 26.6 Å². The molecule has 0 spiro atoms. The summed E-state index contributed by atoms with van der Waals surface area (Å²) in [6.07, 6.45) is 0. The molecule has 1 aromatic heterocycles. The van der Waals surface area contributed by atoms with Gasteiger partial charge in [0, 0.05) is 11.9 Å². The fourth-order valence-electron chi connectivity index (χ4n) is 4.57. The molecule has 4 aromatic carbocycles. The molecule has 0 aliphatic rings.